The summed E-state index contributed by atoms with van der Waals surface area (Å²) in [5.41, 5.74) is 8.95. The summed E-state index contributed by atoms with van der Waals surface area (Å²) in [6, 6.07) is 4.74. The van der Waals surface area contributed by atoms with Gasteiger partial charge in [0.2, 0.25) is 0 Å². The van der Waals surface area contributed by atoms with Crippen LogP contribution in [0.15, 0.2) is 18.3 Å². The highest BCUT2D eigenvalue weighted by molar-refractivity contribution is 5.29. The topological polar surface area (TPSA) is 38.9 Å². The third-order valence-electron chi connectivity index (χ3n) is 4.33. The standard InChI is InChI=1S/C14H20N2/c15-12-5-1-3-11(9-12)13-7-6-10-4-2-8-16-14(10)13/h2,4,8,11-13H,1,3,5-7,9,15H2. The Balaban J connectivity index is 1.81. The van der Waals surface area contributed by atoms with E-state index in [9.17, 15) is 0 Å². The molecule has 0 radical (unpaired) electrons. The quantitative estimate of drug-likeness (QED) is 0.783. The lowest BCUT2D eigenvalue weighted by Gasteiger charge is -2.31. The molecule has 16 heavy (non-hydrogen) atoms. The molecule has 0 amide bonds. The fourth-order valence-corrected chi connectivity index (χ4v) is 3.54. The van der Waals surface area contributed by atoms with Crippen molar-refractivity contribution in [3.8, 4) is 0 Å². The van der Waals surface area contributed by atoms with Crippen LogP contribution in [0.2, 0.25) is 0 Å². The fraction of sp³-hybridized carbons (Fsp3) is 0.643. The second-order valence-electron chi connectivity index (χ2n) is 5.38. The van der Waals surface area contributed by atoms with Crippen LogP contribution in [0.3, 0.4) is 0 Å². The lowest BCUT2D eigenvalue weighted by atomic mass is 9.77. The van der Waals surface area contributed by atoms with Crippen LogP contribution in [0.5, 0.6) is 0 Å². The molecule has 3 atom stereocenters. The summed E-state index contributed by atoms with van der Waals surface area (Å²) in [5.74, 6) is 1.49. The second kappa shape index (κ2) is 4.17. The Hall–Kier alpha value is -0.890. The van der Waals surface area contributed by atoms with E-state index in [1.165, 1.54) is 49.8 Å². The van der Waals surface area contributed by atoms with Gasteiger partial charge < -0.3 is 5.73 Å². The van der Waals surface area contributed by atoms with Gasteiger partial charge in [-0.15, -0.1) is 0 Å². The van der Waals surface area contributed by atoms with E-state index in [0.717, 1.165) is 5.92 Å². The largest absolute Gasteiger partial charge is 0.328 e. The SMILES string of the molecule is NC1CCCC(C2CCc3cccnc32)C1. The maximum absolute atomic E-state index is 6.09. The van der Waals surface area contributed by atoms with Crippen molar-refractivity contribution < 1.29 is 0 Å². The van der Waals surface area contributed by atoms with Gasteiger partial charge in [0.1, 0.15) is 0 Å². The van der Waals surface area contributed by atoms with Gasteiger partial charge in [0.25, 0.3) is 0 Å². The van der Waals surface area contributed by atoms with Gasteiger partial charge >= 0.3 is 0 Å². The number of pyridine rings is 1. The minimum absolute atomic E-state index is 0.437. The van der Waals surface area contributed by atoms with E-state index >= 15 is 0 Å². The van der Waals surface area contributed by atoms with E-state index in [0.29, 0.717) is 12.0 Å². The fourth-order valence-electron chi connectivity index (χ4n) is 3.54. The summed E-state index contributed by atoms with van der Waals surface area (Å²) in [7, 11) is 0. The maximum atomic E-state index is 6.09. The van der Waals surface area contributed by atoms with Crippen LogP contribution >= 0.6 is 0 Å². The van der Waals surface area contributed by atoms with Gasteiger partial charge in [-0.1, -0.05) is 12.5 Å². The van der Waals surface area contributed by atoms with Crippen molar-refractivity contribution in [1.82, 2.24) is 4.98 Å². The van der Waals surface area contributed by atoms with Gasteiger partial charge in [-0.25, -0.2) is 0 Å². The molecular formula is C14H20N2. The van der Waals surface area contributed by atoms with Crippen molar-refractivity contribution in [2.75, 3.05) is 0 Å². The Morgan fingerprint density at radius 3 is 3.06 bits per heavy atom. The van der Waals surface area contributed by atoms with Crippen molar-refractivity contribution in [2.45, 2.75) is 50.5 Å². The number of hydrogen-bond donors (Lipinski definition) is 1. The third kappa shape index (κ3) is 1.75. The van der Waals surface area contributed by atoms with E-state index in [-0.39, 0.29) is 0 Å². The van der Waals surface area contributed by atoms with Gasteiger partial charge in [-0.3, -0.25) is 4.98 Å². The molecule has 1 aromatic heterocycles. The first-order valence-corrected chi connectivity index (χ1v) is 6.54. The smallest absolute Gasteiger partial charge is 0.0469 e. The predicted molar refractivity (Wildman–Crippen MR) is 65.2 cm³/mol. The van der Waals surface area contributed by atoms with Crippen molar-refractivity contribution in [1.29, 1.82) is 0 Å². The minimum atomic E-state index is 0.437. The molecule has 2 nitrogen and oxygen atoms in total. The molecular weight excluding hydrogens is 196 g/mol. The highest BCUT2D eigenvalue weighted by Crippen LogP contribution is 2.42. The number of hydrogen-bond acceptors (Lipinski definition) is 2. The molecule has 1 fully saturated rings. The molecule has 0 saturated heterocycles. The molecule has 3 unspecified atom stereocenters. The monoisotopic (exact) mass is 216 g/mol. The predicted octanol–water partition coefficient (Wildman–Crippen LogP) is 2.63. The molecule has 0 aliphatic heterocycles. The molecule has 1 heterocycles. The van der Waals surface area contributed by atoms with Crippen LogP contribution in [0.4, 0.5) is 0 Å². The highest BCUT2D eigenvalue weighted by atomic mass is 14.7. The zero-order valence-electron chi connectivity index (χ0n) is 9.73. The molecule has 1 saturated carbocycles. The van der Waals surface area contributed by atoms with Gasteiger partial charge in [0.05, 0.1) is 0 Å². The van der Waals surface area contributed by atoms with Gasteiger partial charge in [0.15, 0.2) is 0 Å². The maximum Gasteiger partial charge on any atom is 0.0469 e. The number of aromatic nitrogens is 1. The Morgan fingerprint density at radius 1 is 1.25 bits per heavy atom. The zero-order valence-corrected chi connectivity index (χ0v) is 9.73. The first kappa shape index (κ1) is 10.3. The number of nitrogens with zero attached hydrogens (tertiary/aromatic N) is 1. The number of rotatable bonds is 1. The molecule has 86 valence electrons. The van der Waals surface area contributed by atoms with Crippen LogP contribution in [0.25, 0.3) is 0 Å². The first-order chi connectivity index (χ1) is 7.84. The lowest BCUT2D eigenvalue weighted by Crippen LogP contribution is -2.30. The Kier molecular flexibility index (Phi) is 2.68. The van der Waals surface area contributed by atoms with E-state index in [1.807, 2.05) is 6.20 Å². The average molecular weight is 216 g/mol. The zero-order chi connectivity index (χ0) is 11.0. The molecule has 0 bridgehead atoms. The van der Waals surface area contributed by atoms with Crippen LogP contribution in [-0.2, 0) is 6.42 Å². The van der Waals surface area contributed by atoms with Crippen LogP contribution in [-0.4, -0.2) is 11.0 Å². The molecule has 0 aromatic carbocycles. The second-order valence-corrected chi connectivity index (χ2v) is 5.38. The molecule has 0 spiro atoms. The van der Waals surface area contributed by atoms with Gasteiger partial charge in [-0.05, 0) is 49.7 Å². The van der Waals surface area contributed by atoms with Crippen LogP contribution in [0, 0.1) is 5.92 Å². The molecule has 2 aliphatic rings. The van der Waals surface area contributed by atoms with Crippen molar-refractivity contribution in [2.24, 2.45) is 11.7 Å². The number of nitrogens with two attached hydrogens (primary N) is 1. The highest BCUT2D eigenvalue weighted by Gasteiger charge is 2.33. The molecule has 2 heteroatoms. The Morgan fingerprint density at radius 2 is 2.19 bits per heavy atom. The average Bonchev–Trinajstić information content (AvgIpc) is 2.72. The van der Waals surface area contributed by atoms with Gasteiger partial charge in [-0.2, -0.15) is 0 Å². The molecule has 1 aromatic rings. The number of aryl methyl sites for hydroxylation is 1. The van der Waals surface area contributed by atoms with Crippen LogP contribution < -0.4 is 5.73 Å². The van der Waals surface area contributed by atoms with E-state index in [4.69, 9.17) is 5.73 Å². The first-order valence-electron chi connectivity index (χ1n) is 6.54. The summed E-state index contributed by atoms with van der Waals surface area (Å²) >= 11 is 0. The summed E-state index contributed by atoms with van der Waals surface area (Å²) in [5, 5.41) is 0. The van der Waals surface area contributed by atoms with Crippen molar-refractivity contribution >= 4 is 0 Å². The third-order valence-corrected chi connectivity index (χ3v) is 4.33. The van der Waals surface area contributed by atoms with E-state index in [1.54, 1.807) is 0 Å². The van der Waals surface area contributed by atoms with E-state index in [2.05, 4.69) is 17.1 Å². The van der Waals surface area contributed by atoms with Gasteiger partial charge in [0, 0.05) is 23.9 Å². The number of fused-ring (bicyclic) bond motifs is 1. The normalized spacial score (nSPS) is 33.7. The molecule has 2 N–H and O–H groups in total. The lowest BCUT2D eigenvalue weighted by molar-refractivity contribution is 0.274. The van der Waals surface area contributed by atoms with Crippen molar-refractivity contribution in [3.05, 3.63) is 29.6 Å². The van der Waals surface area contributed by atoms with E-state index < -0.39 is 0 Å². The summed E-state index contributed by atoms with van der Waals surface area (Å²) in [4.78, 5) is 4.60. The Bertz CT molecular complexity index is 375. The minimum Gasteiger partial charge on any atom is -0.328 e. The summed E-state index contributed by atoms with van der Waals surface area (Å²) in [6.45, 7) is 0. The molecule has 2 aliphatic carbocycles. The Labute approximate surface area is 97.3 Å². The van der Waals surface area contributed by atoms with Crippen molar-refractivity contribution in [3.63, 3.8) is 0 Å². The summed E-state index contributed by atoms with van der Waals surface area (Å²) in [6.07, 6.45) is 9.56. The van der Waals surface area contributed by atoms with Crippen LogP contribution in [0.1, 0.15) is 49.3 Å². The molecule has 3 rings (SSSR count). The summed E-state index contributed by atoms with van der Waals surface area (Å²) < 4.78 is 0.